The number of esters is 1. The second-order valence-electron chi connectivity index (χ2n) is 9.11. The van der Waals surface area contributed by atoms with Crippen LogP contribution in [-0.2, 0) is 21.7 Å². The summed E-state index contributed by atoms with van der Waals surface area (Å²) in [6.07, 6.45) is -1.13. The number of amidine groups is 1. The highest BCUT2D eigenvalue weighted by Gasteiger charge is 2.49. The number of para-hydroxylation sites is 2. The third kappa shape index (κ3) is 3.33. The van der Waals surface area contributed by atoms with Gasteiger partial charge in [-0.2, -0.15) is 0 Å². The molecule has 4 heterocycles. The second-order valence-corrected chi connectivity index (χ2v) is 9.11. The van der Waals surface area contributed by atoms with E-state index in [9.17, 15) is 14.7 Å². The number of fused-ring (bicyclic) bond motifs is 5. The van der Waals surface area contributed by atoms with Crippen LogP contribution >= 0.6 is 0 Å². The second kappa shape index (κ2) is 8.13. The van der Waals surface area contributed by atoms with Gasteiger partial charge < -0.3 is 19.7 Å². The van der Waals surface area contributed by atoms with Crippen molar-refractivity contribution in [3.8, 4) is 11.4 Å². The minimum Gasteiger partial charge on any atom is -0.433 e. The molecule has 2 aliphatic rings. The summed E-state index contributed by atoms with van der Waals surface area (Å²) >= 11 is 0. The molecule has 8 heteroatoms. The molecule has 0 saturated carbocycles. The highest BCUT2D eigenvalue weighted by molar-refractivity contribution is 5.94. The molecule has 0 fully saturated rings. The summed E-state index contributed by atoms with van der Waals surface area (Å²) in [5, 5.41) is 15.5. The lowest BCUT2D eigenvalue weighted by atomic mass is 9.85. The van der Waals surface area contributed by atoms with Crippen molar-refractivity contribution >= 4 is 28.4 Å². The molecule has 0 amide bonds. The van der Waals surface area contributed by atoms with Crippen LogP contribution in [0.4, 0.5) is 5.69 Å². The third-order valence-corrected chi connectivity index (χ3v) is 6.88. The molecule has 0 radical (unpaired) electrons. The Labute approximate surface area is 206 Å². The zero-order chi connectivity index (χ0) is 25.0. The van der Waals surface area contributed by atoms with Gasteiger partial charge in [-0.15, -0.1) is 0 Å². The van der Waals surface area contributed by atoms with Crippen molar-refractivity contribution in [2.45, 2.75) is 38.6 Å². The van der Waals surface area contributed by atoms with Gasteiger partial charge in [-0.3, -0.25) is 4.79 Å². The predicted molar refractivity (Wildman–Crippen MR) is 137 cm³/mol. The molecule has 6 rings (SSSR count). The zero-order valence-corrected chi connectivity index (χ0v) is 19.9. The van der Waals surface area contributed by atoms with Gasteiger partial charge in [0, 0.05) is 22.2 Å². The predicted octanol–water partition coefficient (Wildman–Crippen LogP) is 4.11. The van der Waals surface area contributed by atoms with Crippen LogP contribution in [0, 0.1) is 0 Å². The molecule has 2 atom stereocenters. The maximum absolute atomic E-state index is 13.9. The van der Waals surface area contributed by atoms with Crippen molar-refractivity contribution in [3.63, 3.8) is 0 Å². The molecule has 2 aromatic heterocycles. The van der Waals surface area contributed by atoms with E-state index in [0.29, 0.717) is 23.8 Å². The van der Waals surface area contributed by atoms with Crippen molar-refractivity contribution in [1.82, 2.24) is 9.55 Å². The third-order valence-electron chi connectivity index (χ3n) is 6.88. The fourth-order valence-electron chi connectivity index (χ4n) is 5.00. The van der Waals surface area contributed by atoms with Gasteiger partial charge >= 0.3 is 5.97 Å². The number of ether oxygens (including phenoxy) is 1. The Morgan fingerprint density at radius 1 is 1.17 bits per heavy atom. The monoisotopic (exact) mass is 480 g/mol. The summed E-state index contributed by atoms with van der Waals surface area (Å²) in [4.78, 5) is 36.2. The van der Waals surface area contributed by atoms with Gasteiger partial charge in [-0.25, -0.2) is 14.8 Å². The van der Waals surface area contributed by atoms with Crippen LogP contribution < -0.4 is 10.9 Å². The first-order valence-electron chi connectivity index (χ1n) is 11.9. The molecular weight excluding hydrogens is 456 g/mol. The topological polar surface area (TPSA) is 106 Å². The number of carbonyl (C=O) groups excluding carboxylic acids is 1. The van der Waals surface area contributed by atoms with E-state index in [1.54, 1.807) is 24.5 Å². The molecule has 0 aliphatic carbocycles. The van der Waals surface area contributed by atoms with E-state index in [4.69, 9.17) is 9.72 Å². The number of carbonyl (C=O) groups is 1. The summed E-state index contributed by atoms with van der Waals surface area (Å²) < 4.78 is 7.18. The van der Waals surface area contributed by atoms with Crippen LogP contribution in [0.15, 0.2) is 76.5 Å². The first-order chi connectivity index (χ1) is 17.4. The minimum absolute atomic E-state index is 0.0530. The van der Waals surface area contributed by atoms with Crippen molar-refractivity contribution in [3.05, 3.63) is 93.8 Å². The highest BCUT2D eigenvalue weighted by Crippen LogP contribution is 2.42. The minimum atomic E-state index is -1.95. The van der Waals surface area contributed by atoms with Gasteiger partial charge in [0.2, 0.25) is 6.23 Å². The van der Waals surface area contributed by atoms with Crippen LogP contribution in [0.2, 0.25) is 0 Å². The molecule has 0 saturated heterocycles. The van der Waals surface area contributed by atoms with E-state index >= 15 is 0 Å². The smallest absolute Gasteiger partial charge is 0.345 e. The molecule has 2 aliphatic heterocycles. The lowest BCUT2D eigenvalue weighted by Crippen LogP contribution is -2.46. The Morgan fingerprint density at radius 3 is 2.69 bits per heavy atom. The largest absolute Gasteiger partial charge is 0.433 e. The standard InChI is InChI=1S/C28H24N4O4/c1-3-28(35)20-14-22-24-18(13-17-9-7-8-12-21(17)31-24)15-32(22)26(33)23(20)25(36-27(28)34)30-16(2)29-19-10-5-4-6-11-19/h4-14,25,35H,3,15H2,1-2H3,(H,29,30)/t25?,28-/m0/s1. The summed E-state index contributed by atoms with van der Waals surface area (Å²) in [5.41, 5.74) is 1.85. The quantitative estimate of drug-likeness (QED) is 0.229. The number of benzene rings is 2. The maximum atomic E-state index is 13.9. The fraction of sp³-hybridized carbons (Fsp3) is 0.214. The Hall–Kier alpha value is -4.30. The van der Waals surface area contributed by atoms with Crippen LogP contribution in [-0.4, -0.2) is 26.5 Å². The lowest BCUT2D eigenvalue weighted by Gasteiger charge is -2.34. The number of aliphatic imine (C=N–C) groups is 1. The van der Waals surface area contributed by atoms with Crippen molar-refractivity contribution in [2.24, 2.45) is 4.99 Å². The number of pyridine rings is 2. The molecule has 4 aromatic rings. The molecule has 0 bridgehead atoms. The Morgan fingerprint density at radius 2 is 1.92 bits per heavy atom. The molecule has 0 spiro atoms. The average Bonchev–Trinajstić information content (AvgIpc) is 3.24. The summed E-state index contributed by atoms with van der Waals surface area (Å²) in [6, 6.07) is 20.9. The van der Waals surface area contributed by atoms with Crippen molar-refractivity contribution in [2.75, 3.05) is 5.32 Å². The normalized spacial score (nSPS) is 20.5. The first-order valence-corrected chi connectivity index (χ1v) is 11.9. The summed E-state index contributed by atoms with van der Waals surface area (Å²) in [6.45, 7) is 3.75. The number of hydrogen-bond donors (Lipinski definition) is 2. The van der Waals surface area contributed by atoms with Gasteiger partial charge in [0.1, 0.15) is 5.84 Å². The number of cyclic esters (lactones) is 1. The van der Waals surface area contributed by atoms with E-state index in [1.807, 2.05) is 60.7 Å². The molecule has 8 nitrogen and oxygen atoms in total. The zero-order valence-electron chi connectivity index (χ0n) is 19.9. The van der Waals surface area contributed by atoms with Crippen LogP contribution in [0.25, 0.3) is 22.3 Å². The number of rotatable bonds is 3. The Bertz CT molecular complexity index is 1630. The van der Waals surface area contributed by atoms with Gasteiger partial charge in [-0.05, 0) is 43.7 Å². The first kappa shape index (κ1) is 22.2. The van der Waals surface area contributed by atoms with Gasteiger partial charge in [0.05, 0.1) is 29.0 Å². The number of hydrogen-bond acceptors (Lipinski definition) is 6. The number of nitrogens with one attached hydrogen (secondary N) is 1. The van der Waals surface area contributed by atoms with Crippen molar-refractivity contribution < 1.29 is 14.6 Å². The summed E-state index contributed by atoms with van der Waals surface area (Å²) in [7, 11) is 0. The van der Waals surface area contributed by atoms with E-state index in [0.717, 1.165) is 22.2 Å². The van der Waals surface area contributed by atoms with E-state index in [-0.39, 0.29) is 23.1 Å². The van der Waals surface area contributed by atoms with Crippen molar-refractivity contribution in [1.29, 1.82) is 0 Å². The number of anilines is 1. The van der Waals surface area contributed by atoms with E-state index < -0.39 is 17.8 Å². The van der Waals surface area contributed by atoms with E-state index in [2.05, 4.69) is 10.3 Å². The van der Waals surface area contributed by atoms with Gasteiger partial charge in [-0.1, -0.05) is 43.3 Å². The summed E-state index contributed by atoms with van der Waals surface area (Å²) in [5.74, 6) is -0.360. The number of aliphatic hydroxyl groups is 1. The van der Waals surface area contributed by atoms with Gasteiger partial charge in [0.15, 0.2) is 5.60 Å². The molecular formula is C28H24N4O4. The number of aromatic nitrogens is 2. The van der Waals surface area contributed by atoms with E-state index in [1.165, 1.54) is 0 Å². The lowest BCUT2D eigenvalue weighted by molar-refractivity contribution is -0.177. The van der Waals surface area contributed by atoms with Crippen LogP contribution in [0.1, 0.15) is 43.2 Å². The molecule has 1 unspecified atom stereocenters. The number of nitrogens with zero attached hydrogens (tertiary/aromatic N) is 3. The Balaban J connectivity index is 1.51. The van der Waals surface area contributed by atoms with Crippen LogP contribution in [0.3, 0.4) is 0 Å². The molecule has 2 N–H and O–H groups in total. The highest BCUT2D eigenvalue weighted by atomic mass is 16.6. The molecule has 2 aromatic carbocycles. The SMILES string of the molecule is CC[C@@]1(O)C(=O)OC(/N=C(\C)Nc2ccccc2)c2c1cc1n(c2=O)Cc2cc3ccccc3nc2-1. The fourth-order valence-corrected chi connectivity index (χ4v) is 5.00. The Kier molecular flexibility index (Phi) is 5.01. The molecule has 180 valence electrons. The van der Waals surface area contributed by atoms with Gasteiger partial charge in [0.25, 0.3) is 5.56 Å². The maximum Gasteiger partial charge on any atom is 0.345 e. The average molecular weight is 481 g/mol. The molecule has 36 heavy (non-hydrogen) atoms. The van der Waals surface area contributed by atoms with Crippen LogP contribution in [0.5, 0.6) is 0 Å².